The van der Waals surface area contributed by atoms with Gasteiger partial charge in [0, 0.05) is 0 Å². The van der Waals surface area contributed by atoms with Crippen LogP contribution in [-0.4, -0.2) is 39.1 Å². The lowest BCUT2D eigenvalue weighted by molar-refractivity contribution is 0.223. The van der Waals surface area contributed by atoms with Crippen molar-refractivity contribution in [2.24, 2.45) is 51.2 Å². The summed E-state index contributed by atoms with van der Waals surface area (Å²) in [6.07, 6.45) is 64.8. The molecule has 0 atom stereocenters. The average molecular weight is 998 g/mol. The normalized spacial score (nSPS) is 22.8. The molecule has 0 bridgehead atoms. The first-order chi connectivity index (χ1) is 34.3. The minimum atomic E-state index is 0.725. The predicted octanol–water partition coefficient (Wildman–Crippen LogP) is 23.2. The first kappa shape index (κ1) is 68.9. The third-order valence-electron chi connectivity index (χ3n) is 20.9. The molecule has 0 spiro atoms. The van der Waals surface area contributed by atoms with Crippen LogP contribution in [0.25, 0.3) is 0 Å². The van der Waals surface area contributed by atoms with Crippen molar-refractivity contribution in [2.75, 3.05) is 34.2 Å². The summed E-state index contributed by atoms with van der Waals surface area (Å²) in [5, 5.41) is 3.25. The summed E-state index contributed by atoms with van der Waals surface area (Å²) >= 11 is 0. The molecular weight excluding hydrogens is 857 g/mol. The summed E-state index contributed by atoms with van der Waals surface area (Å²) in [6.45, 7) is 28.0. The molecule has 2 nitrogen and oxygen atoms in total. The second-order valence-corrected chi connectivity index (χ2v) is 26.9. The maximum atomic E-state index is 3.25. The number of hydrogen-bond acceptors (Lipinski definition) is 2. The molecule has 0 heterocycles. The molecule has 0 radical (unpaired) electrons. The van der Waals surface area contributed by atoms with Crippen molar-refractivity contribution in [3.63, 3.8) is 0 Å². The van der Waals surface area contributed by atoms with Gasteiger partial charge in [0.2, 0.25) is 0 Å². The van der Waals surface area contributed by atoms with E-state index in [0.29, 0.717) is 0 Å². The molecule has 1 N–H and O–H groups in total. The maximum Gasteiger partial charge on any atom is -0.00195 e. The van der Waals surface area contributed by atoms with E-state index in [0.717, 1.165) is 51.2 Å². The molecule has 0 unspecified atom stereocenters. The van der Waals surface area contributed by atoms with Gasteiger partial charge in [-0.2, -0.15) is 0 Å². The van der Waals surface area contributed by atoms with Crippen molar-refractivity contribution in [2.45, 2.75) is 359 Å². The van der Waals surface area contributed by atoms with Crippen molar-refractivity contribution in [1.29, 1.82) is 0 Å². The molecule has 8 fully saturated rings. The van der Waals surface area contributed by atoms with Gasteiger partial charge < -0.3 is 10.2 Å². The number of nitrogens with one attached hydrogen (secondary N) is 1. The van der Waals surface area contributed by atoms with E-state index < -0.39 is 0 Å². The zero-order valence-electron chi connectivity index (χ0n) is 52.4. The van der Waals surface area contributed by atoms with Gasteiger partial charge in [0.15, 0.2) is 0 Å². The van der Waals surface area contributed by atoms with Gasteiger partial charge in [-0.1, -0.05) is 275 Å². The molecule has 8 aliphatic carbocycles. The summed E-state index contributed by atoms with van der Waals surface area (Å²) in [5.41, 5.74) is 3.02. The smallest absolute Gasteiger partial charge is 0.00195 e. The lowest BCUT2D eigenvalue weighted by Gasteiger charge is -2.28. The van der Waals surface area contributed by atoms with Gasteiger partial charge in [0.1, 0.15) is 0 Å². The van der Waals surface area contributed by atoms with Crippen LogP contribution in [0.4, 0.5) is 0 Å². The number of nitrogens with zero attached hydrogens (tertiary/aromatic N) is 1. The maximum absolute atomic E-state index is 3.25. The quantitative estimate of drug-likeness (QED) is 0.139. The summed E-state index contributed by atoms with van der Waals surface area (Å²) in [4.78, 5) is 2.32. The second kappa shape index (κ2) is 42.0. The van der Waals surface area contributed by atoms with Crippen molar-refractivity contribution >= 4 is 0 Å². The van der Waals surface area contributed by atoms with E-state index >= 15 is 0 Å². The summed E-state index contributed by atoms with van der Waals surface area (Å²) in [7, 11) is 6.41. The van der Waals surface area contributed by atoms with Crippen LogP contribution in [0.3, 0.4) is 0 Å². The lowest BCUT2D eigenvalue weighted by Crippen LogP contribution is -2.23. The highest BCUT2D eigenvalue weighted by Crippen LogP contribution is 2.46. The molecular formula is C69H140N2. The Morgan fingerprint density at radius 2 is 0.690 bits per heavy atom. The van der Waals surface area contributed by atoms with E-state index in [1.807, 2.05) is 0 Å². The molecule has 8 aliphatic rings. The third-order valence-corrected chi connectivity index (χ3v) is 20.9. The van der Waals surface area contributed by atoms with E-state index in [1.165, 1.54) is 296 Å². The van der Waals surface area contributed by atoms with Gasteiger partial charge >= 0.3 is 0 Å². The Labute approximate surface area is 452 Å². The third kappa shape index (κ3) is 31.7. The fraction of sp³-hybridized carbons (Fsp3) is 1.00. The van der Waals surface area contributed by atoms with Crippen LogP contribution in [0.5, 0.6) is 0 Å². The van der Waals surface area contributed by atoms with Crippen LogP contribution >= 0.6 is 0 Å². The Morgan fingerprint density at radius 1 is 0.380 bits per heavy atom. The summed E-state index contributed by atoms with van der Waals surface area (Å²) in [6, 6.07) is 0. The van der Waals surface area contributed by atoms with E-state index in [4.69, 9.17) is 0 Å². The van der Waals surface area contributed by atoms with Gasteiger partial charge in [0.25, 0.3) is 0 Å². The Morgan fingerprint density at radius 3 is 0.901 bits per heavy atom. The highest BCUT2D eigenvalue weighted by Gasteiger charge is 2.33. The average Bonchev–Trinajstić information content (AvgIpc) is 4.06. The topological polar surface area (TPSA) is 15.3 Å². The van der Waals surface area contributed by atoms with Crippen molar-refractivity contribution < 1.29 is 0 Å². The van der Waals surface area contributed by atoms with Gasteiger partial charge in [-0.15, -0.1) is 0 Å². The van der Waals surface area contributed by atoms with E-state index in [1.54, 1.807) is 0 Å². The molecule has 426 valence electrons. The molecule has 0 aromatic rings. The highest BCUT2D eigenvalue weighted by atomic mass is 15.0. The largest absolute Gasteiger partial charge is 0.320 e. The molecule has 2 heteroatoms. The van der Waals surface area contributed by atoms with Crippen LogP contribution in [-0.2, 0) is 0 Å². The first-order valence-corrected chi connectivity index (χ1v) is 33.5. The summed E-state index contributed by atoms with van der Waals surface area (Å²) < 4.78 is 0. The lowest BCUT2D eigenvalue weighted by atomic mass is 9.79. The zero-order valence-corrected chi connectivity index (χ0v) is 52.4. The molecule has 71 heavy (non-hydrogen) atoms. The zero-order chi connectivity index (χ0) is 52.7. The van der Waals surface area contributed by atoms with E-state index in [2.05, 4.69) is 108 Å². The minimum Gasteiger partial charge on any atom is -0.320 e. The predicted molar refractivity (Wildman–Crippen MR) is 325 cm³/mol. The Kier molecular flexibility index (Phi) is 40.8. The second-order valence-electron chi connectivity index (χ2n) is 26.9. The first-order valence-electron chi connectivity index (χ1n) is 33.5. The Hall–Kier alpha value is -0.0800. The van der Waals surface area contributed by atoms with Gasteiger partial charge in [-0.25, -0.2) is 0 Å². The monoisotopic (exact) mass is 997 g/mol. The van der Waals surface area contributed by atoms with E-state index in [9.17, 15) is 0 Å². The van der Waals surface area contributed by atoms with Crippen LogP contribution in [0.15, 0.2) is 0 Å². The molecule has 8 saturated carbocycles. The highest BCUT2D eigenvalue weighted by molar-refractivity contribution is 4.86. The SMILES string of the molecule is CC(C)CC1CC1.CCC1(CCN(C)C)CCCC1.CCC1(CCNC)CCCC1.CCC1CCC1.CCC1CCCC1.CCC1CCCCC1.CCCC1(CC)CCCC1.CCCC1(CC)CCCC1. The molecule has 0 saturated heterocycles. The molecule has 8 rings (SSSR count). The van der Waals surface area contributed by atoms with Crippen LogP contribution < -0.4 is 5.32 Å². The Bertz CT molecular complexity index is 1080. The minimum absolute atomic E-state index is 0.725. The van der Waals surface area contributed by atoms with Crippen LogP contribution in [0.2, 0.25) is 0 Å². The van der Waals surface area contributed by atoms with Gasteiger partial charge in [-0.3, -0.25) is 0 Å². The van der Waals surface area contributed by atoms with Crippen molar-refractivity contribution in [3.8, 4) is 0 Å². The van der Waals surface area contributed by atoms with Gasteiger partial charge in [0.05, 0.1) is 0 Å². The van der Waals surface area contributed by atoms with Crippen LogP contribution in [0, 0.1) is 51.2 Å². The standard InChI is InChI=1S/C11H23N.C10H21N.2C10H20.C8H16.2C7H14.C6H12/c1-4-11(7-5-6-8-11)9-10-12(2)3;1-3-10(8-9-11-2)6-4-5-7-10;2*1-3-7-10(4-2)8-5-6-9-10;1-2-8-6-4-3-5-7-8;1-6(2)5-7-3-4-7;1-2-7-5-3-4-6-7;1-2-6-4-3-5-6/h4-10H2,1-3H3;11H,3-9H2,1-2H3;2*3-9H2,1-2H3;8H,2-7H2,1H3;6-7H,3-5H2,1-2H3;7H,2-6H2,1H3;6H,2-5H2,1H3. The fourth-order valence-electron chi connectivity index (χ4n) is 14.5. The summed E-state index contributed by atoms with van der Waals surface area (Å²) in [5.74, 6) is 5.36. The van der Waals surface area contributed by atoms with E-state index in [-0.39, 0.29) is 0 Å². The Balaban J connectivity index is 0.000000409. The molecule has 0 amide bonds. The number of hydrogen-bond donors (Lipinski definition) is 1. The molecule has 0 aliphatic heterocycles. The van der Waals surface area contributed by atoms with Gasteiger partial charge in [-0.05, 0) is 169 Å². The van der Waals surface area contributed by atoms with Crippen molar-refractivity contribution in [1.82, 2.24) is 10.2 Å². The number of rotatable bonds is 19. The molecule has 0 aromatic heterocycles. The van der Waals surface area contributed by atoms with Crippen molar-refractivity contribution in [3.05, 3.63) is 0 Å². The fourth-order valence-corrected chi connectivity index (χ4v) is 14.5. The molecule has 0 aromatic carbocycles. The van der Waals surface area contributed by atoms with Crippen LogP contribution in [0.1, 0.15) is 359 Å².